The number of aromatic nitrogens is 2. The molecule has 0 unspecified atom stereocenters. The summed E-state index contributed by atoms with van der Waals surface area (Å²) in [5.74, 6) is -2.30. The smallest absolute Gasteiger partial charge is 0.248 e. The Labute approximate surface area is 75.6 Å². The molecule has 1 aromatic rings. The van der Waals surface area contributed by atoms with E-state index in [1.165, 1.54) is 0 Å². The van der Waals surface area contributed by atoms with Gasteiger partial charge in [0.05, 0.1) is 6.20 Å². The number of aryl methyl sites for hydroxylation is 1. The quantitative estimate of drug-likeness (QED) is 0.692. The molecule has 1 aliphatic carbocycles. The highest BCUT2D eigenvalue weighted by molar-refractivity contribution is 5.00. The molecule has 0 spiro atoms. The summed E-state index contributed by atoms with van der Waals surface area (Å²) in [6.07, 6.45) is 3.67. The number of rotatable bonds is 2. The summed E-state index contributed by atoms with van der Waals surface area (Å²) < 4.78 is 26.7. The highest BCUT2D eigenvalue weighted by Crippen LogP contribution is 2.42. The zero-order valence-electron chi connectivity index (χ0n) is 7.50. The van der Waals surface area contributed by atoms with Gasteiger partial charge in [-0.05, 0) is 18.4 Å². The third-order valence-corrected chi connectivity index (χ3v) is 2.38. The van der Waals surface area contributed by atoms with Crippen LogP contribution in [0.25, 0.3) is 0 Å². The summed E-state index contributed by atoms with van der Waals surface area (Å²) >= 11 is 0. The van der Waals surface area contributed by atoms with Crippen LogP contribution in [0.2, 0.25) is 0 Å². The molecular weight excluding hydrogens is 174 g/mol. The first kappa shape index (κ1) is 8.66. The van der Waals surface area contributed by atoms with E-state index in [2.05, 4.69) is 5.10 Å². The van der Waals surface area contributed by atoms with Crippen molar-refractivity contribution < 1.29 is 8.78 Å². The number of hydrogen-bond donors (Lipinski definition) is 0. The van der Waals surface area contributed by atoms with E-state index in [1.807, 2.05) is 13.1 Å². The second-order valence-electron chi connectivity index (χ2n) is 3.87. The molecule has 13 heavy (non-hydrogen) atoms. The van der Waals surface area contributed by atoms with Crippen molar-refractivity contribution >= 4 is 0 Å². The molecule has 0 radical (unpaired) electrons. The van der Waals surface area contributed by atoms with Crippen LogP contribution in [0.1, 0.15) is 18.4 Å². The Morgan fingerprint density at radius 3 is 2.77 bits per heavy atom. The molecule has 1 heterocycles. The molecule has 2 rings (SSSR count). The fourth-order valence-corrected chi connectivity index (χ4v) is 1.75. The number of nitrogens with zero attached hydrogens (tertiary/aromatic N) is 2. The van der Waals surface area contributed by atoms with E-state index >= 15 is 0 Å². The van der Waals surface area contributed by atoms with Gasteiger partial charge in [-0.15, -0.1) is 0 Å². The third kappa shape index (κ3) is 1.87. The van der Waals surface area contributed by atoms with Crippen molar-refractivity contribution in [2.45, 2.75) is 32.2 Å². The van der Waals surface area contributed by atoms with Crippen molar-refractivity contribution in [2.75, 3.05) is 0 Å². The Morgan fingerprint density at radius 1 is 1.62 bits per heavy atom. The molecule has 2 nitrogen and oxygen atoms in total. The molecule has 1 saturated carbocycles. The average molecular weight is 186 g/mol. The molecular formula is C9H12F2N2. The van der Waals surface area contributed by atoms with Crippen LogP contribution in [0, 0.1) is 12.8 Å². The number of alkyl halides is 2. The molecule has 0 amide bonds. The van der Waals surface area contributed by atoms with Crippen LogP contribution in [0.3, 0.4) is 0 Å². The summed E-state index contributed by atoms with van der Waals surface area (Å²) in [4.78, 5) is 0. The maximum absolute atomic E-state index is 12.5. The fourth-order valence-electron chi connectivity index (χ4n) is 1.75. The Balaban J connectivity index is 1.87. The molecule has 4 heteroatoms. The van der Waals surface area contributed by atoms with E-state index in [0.29, 0.717) is 6.54 Å². The minimum Gasteiger partial charge on any atom is -0.272 e. The minimum atomic E-state index is -2.41. The molecule has 1 aromatic heterocycles. The Bertz CT molecular complexity index is 298. The van der Waals surface area contributed by atoms with E-state index in [0.717, 1.165) is 5.56 Å². The van der Waals surface area contributed by atoms with Crippen LogP contribution in [-0.2, 0) is 6.54 Å². The van der Waals surface area contributed by atoms with E-state index in [9.17, 15) is 8.78 Å². The normalized spacial score (nSPS) is 21.5. The lowest BCUT2D eigenvalue weighted by Crippen LogP contribution is -2.37. The summed E-state index contributed by atoms with van der Waals surface area (Å²) in [5.41, 5.74) is 1.08. The Hall–Kier alpha value is -0.930. The Kier molecular flexibility index (Phi) is 1.86. The van der Waals surface area contributed by atoms with Crippen LogP contribution in [0.15, 0.2) is 12.4 Å². The van der Waals surface area contributed by atoms with Crippen LogP contribution in [-0.4, -0.2) is 15.7 Å². The van der Waals surface area contributed by atoms with Crippen molar-refractivity contribution in [3.63, 3.8) is 0 Å². The standard InChI is InChI=1S/C9H12F2N2/c1-7-4-12-13(5-7)6-8-2-9(10,11)3-8/h4-5,8H,2-3,6H2,1H3. The lowest BCUT2D eigenvalue weighted by atomic mass is 9.81. The summed E-state index contributed by atoms with van der Waals surface area (Å²) in [6, 6.07) is 0. The van der Waals surface area contributed by atoms with E-state index in [1.54, 1.807) is 10.9 Å². The average Bonchev–Trinajstić information content (AvgIpc) is 2.31. The van der Waals surface area contributed by atoms with E-state index in [-0.39, 0.29) is 18.8 Å². The zero-order valence-corrected chi connectivity index (χ0v) is 7.50. The van der Waals surface area contributed by atoms with Gasteiger partial charge in [0, 0.05) is 25.6 Å². The van der Waals surface area contributed by atoms with Crippen LogP contribution in [0.5, 0.6) is 0 Å². The van der Waals surface area contributed by atoms with Gasteiger partial charge in [-0.3, -0.25) is 4.68 Å². The topological polar surface area (TPSA) is 17.8 Å². The summed E-state index contributed by atoms with van der Waals surface area (Å²) in [7, 11) is 0. The molecule has 1 aliphatic rings. The van der Waals surface area contributed by atoms with Crippen molar-refractivity contribution in [2.24, 2.45) is 5.92 Å². The van der Waals surface area contributed by atoms with Gasteiger partial charge < -0.3 is 0 Å². The van der Waals surface area contributed by atoms with E-state index in [4.69, 9.17) is 0 Å². The van der Waals surface area contributed by atoms with Gasteiger partial charge in [-0.2, -0.15) is 5.10 Å². The van der Waals surface area contributed by atoms with Crippen molar-refractivity contribution in [3.8, 4) is 0 Å². The van der Waals surface area contributed by atoms with Crippen molar-refractivity contribution in [3.05, 3.63) is 18.0 Å². The van der Waals surface area contributed by atoms with Gasteiger partial charge in [-0.1, -0.05) is 0 Å². The highest BCUT2D eigenvalue weighted by Gasteiger charge is 2.45. The van der Waals surface area contributed by atoms with Gasteiger partial charge in [0.25, 0.3) is 0 Å². The monoisotopic (exact) mass is 186 g/mol. The first-order valence-corrected chi connectivity index (χ1v) is 4.42. The molecule has 72 valence electrons. The molecule has 1 fully saturated rings. The van der Waals surface area contributed by atoms with Crippen molar-refractivity contribution in [1.29, 1.82) is 0 Å². The van der Waals surface area contributed by atoms with Gasteiger partial charge in [0.1, 0.15) is 0 Å². The maximum Gasteiger partial charge on any atom is 0.248 e. The molecule has 0 N–H and O–H groups in total. The lowest BCUT2D eigenvalue weighted by Gasteiger charge is -2.34. The van der Waals surface area contributed by atoms with Crippen molar-refractivity contribution in [1.82, 2.24) is 9.78 Å². The summed E-state index contributed by atoms with van der Waals surface area (Å²) in [5, 5.41) is 4.06. The molecule has 0 aliphatic heterocycles. The minimum absolute atomic E-state index is 0.0197. The third-order valence-electron chi connectivity index (χ3n) is 2.38. The van der Waals surface area contributed by atoms with Gasteiger partial charge in [-0.25, -0.2) is 8.78 Å². The zero-order chi connectivity index (χ0) is 9.47. The van der Waals surface area contributed by atoms with Crippen LogP contribution >= 0.6 is 0 Å². The summed E-state index contributed by atoms with van der Waals surface area (Å²) in [6.45, 7) is 2.57. The number of hydrogen-bond acceptors (Lipinski definition) is 1. The maximum atomic E-state index is 12.5. The van der Waals surface area contributed by atoms with Crippen LogP contribution < -0.4 is 0 Å². The largest absolute Gasteiger partial charge is 0.272 e. The predicted octanol–water partition coefficient (Wildman–Crippen LogP) is 2.24. The molecule has 0 atom stereocenters. The number of halogens is 2. The molecule has 0 aromatic carbocycles. The fraction of sp³-hybridized carbons (Fsp3) is 0.667. The molecule has 0 saturated heterocycles. The highest BCUT2D eigenvalue weighted by atomic mass is 19.3. The lowest BCUT2D eigenvalue weighted by molar-refractivity contribution is -0.114. The predicted molar refractivity (Wildman–Crippen MR) is 44.6 cm³/mol. The molecule has 0 bridgehead atoms. The Morgan fingerprint density at radius 2 is 2.31 bits per heavy atom. The first-order valence-electron chi connectivity index (χ1n) is 4.42. The van der Waals surface area contributed by atoms with Crippen LogP contribution in [0.4, 0.5) is 8.78 Å². The first-order chi connectivity index (χ1) is 6.05. The van der Waals surface area contributed by atoms with Gasteiger partial charge in [0.15, 0.2) is 0 Å². The second-order valence-corrected chi connectivity index (χ2v) is 3.87. The van der Waals surface area contributed by atoms with Gasteiger partial charge in [0.2, 0.25) is 5.92 Å². The van der Waals surface area contributed by atoms with E-state index < -0.39 is 5.92 Å². The van der Waals surface area contributed by atoms with Gasteiger partial charge >= 0.3 is 0 Å². The second kappa shape index (κ2) is 2.79. The SMILES string of the molecule is Cc1cnn(CC2CC(F)(F)C2)c1.